The van der Waals surface area contributed by atoms with Crippen LogP contribution in [0, 0.1) is 6.92 Å². The zero-order chi connectivity index (χ0) is 17.4. The monoisotopic (exact) mass is 337 g/mol. The number of likely N-dealkylation sites (N-methyl/N-ethyl adjacent to an activating group) is 1. The first-order chi connectivity index (χ1) is 12.2. The molecule has 0 fully saturated rings. The van der Waals surface area contributed by atoms with Crippen LogP contribution >= 0.6 is 0 Å². The van der Waals surface area contributed by atoms with E-state index in [1.807, 2.05) is 6.92 Å². The molecule has 132 valence electrons. The third-order valence-electron chi connectivity index (χ3n) is 5.86. The first-order valence-corrected chi connectivity index (χ1v) is 9.26. The minimum atomic E-state index is 0.125. The minimum absolute atomic E-state index is 0.125. The third-order valence-corrected chi connectivity index (χ3v) is 5.86. The van der Waals surface area contributed by atoms with Crippen LogP contribution in [0.5, 0.6) is 0 Å². The van der Waals surface area contributed by atoms with Gasteiger partial charge in [0.15, 0.2) is 0 Å². The molecule has 0 unspecified atom stereocenters. The third kappa shape index (κ3) is 3.16. The molecule has 2 heterocycles. The van der Waals surface area contributed by atoms with E-state index in [2.05, 4.69) is 53.2 Å². The lowest BCUT2D eigenvalue weighted by molar-refractivity contribution is 0.167. The van der Waals surface area contributed by atoms with E-state index in [1.165, 1.54) is 16.7 Å². The largest absolute Gasteiger partial charge is 0.394 e. The smallest absolute Gasteiger partial charge is 0.133 e. The number of fused-ring (bicyclic) bond motifs is 2. The Morgan fingerprint density at radius 2 is 1.80 bits per heavy atom. The Morgan fingerprint density at radius 3 is 2.48 bits per heavy atom. The fourth-order valence-electron chi connectivity index (χ4n) is 4.30. The maximum absolute atomic E-state index is 9.88. The number of hydrogen-bond acceptors (Lipinski definition) is 4. The Kier molecular flexibility index (Phi) is 4.48. The number of aliphatic hydroxyl groups is 1. The van der Waals surface area contributed by atoms with Crippen LogP contribution in [0.3, 0.4) is 0 Å². The van der Waals surface area contributed by atoms with Crippen molar-refractivity contribution < 1.29 is 5.11 Å². The summed E-state index contributed by atoms with van der Waals surface area (Å²) >= 11 is 0. The lowest BCUT2D eigenvalue weighted by atomic mass is 10.0. The van der Waals surface area contributed by atoms with Crippen LogP contribution in [0.4, 0.5) is 5.82 Å². The Morgan fingerprint density at radius 1 is 1.08 bits per heavy atom. The second kappa shape index (κ2) is 6.77. The highest BCUT2D eigenvalue weighted by atomic mass is 16.3. The number of pyridine rings is 1. The van der Waals surface area contributed by atoms with Crippen molar-refractivity contribution in [3.8, 4) is 0 Å². The summed E-state index contributed by atoms with van der Waals surface area (Å²) in [6, 6.07) is 13.8. The summed E-state index contributed by atoms with van der Waals surface area (Å²) in [5.41, 5.74) is 5.28. The Balaban J connectivity index is 1.63. The van der Waals surface area contributed by atoms with Gasteiger partial charge in [-0.2, -0.15) is 0 Å². The molecule has 4 nitrogen and oxygen atoms in total. The molecule has 0 saturated heterocycles. The predicted octanol–water partition coefficient (Wildman–Crippen LogP) is 2.56. The van der Waals surface area contributed by atoms with Crippen molar-refractivity contribution >= 4 is 5.82 Å². The molecule has 0 radical (unpaired) electrons. The van der Waals surface area contributed by atoms with Crippen LogP contribution in [0.2, 0.25) is 0 Å². The van der Waals surface area contributed by atoms with Gasteiger partial charge in [0.25, 0.3) is 0 Å². The average molecular weight is 337 g/mol. The molecule has 0 saturated carbocycles. The van der Waals surface area contributed by atoms with Gasteiger partial charge in [-0.3, -0.25) is 4.90 Å². The number of aliphatic hydroxyl groups excluding tert-OH is 1. The number of aryl methyl sites for hydroxylation is 1. The van der Waals surface area contributed by atoms with E-state index in [0.717, 1.165) is 43.9 Å². The molecular formula is C21H27N3O. The molecule has 1 aromatic carbocycles. The molecule has 2 aliphatic rings. The van der Waals surface area contributed by atoms with Crippen LogP contribution in [0.25, 0.3) is 0 Å². The maximum atomic E-state index is 9.88. The first kappa shape index (κ1) is 16.6. The molecule has 0 amide bonds. The number of aromatic nitrogens is 1. The molecular weight excluding hydrogens is 310 g/mol. The standard InChI is InChI=1S/C21H27N3O/c1-15-7-8-18-13-24(10-9-19(14-25)23(2)21(18)22-15)20-11-16-5-3-4-6-17(16)12-20/h3-8,19-20,25H,9-14H2,1-2H3/t19-/m0/s1. The van der Waals surface area contributed by atoms with Gasteiger partial charge >= 0.3 is 0 Å². The molecule has 1 aliphatic heterocycles. The highest BCUT2D eigenvalue weighted by molar-refractivity contribution is 5.48. The van der Waals surface area contributed by atoms with E-state index in [9.17, 15) is 5.11 Å². The zero-order valence-electron chi connectivity index (χ0n) is 15.2. The molecule has 1 atom stereocenters. The SMILES string of the molecule is Cc1ccc2c(n1)N(C)[C@H](CO)CCN(C1Cc3ccccc3C1)C2. The zero-order valence-corrected chi connectivity index (χ0v) is 15.2. The van der Waals surface area contributed by atoms with E-state index in [1.54, 1.807) is 0 Å². The topological polar surface area (TPSA) is 39.6 Å². The molecule has 4 rings (SSSR count). The molecule has 1 aliphatic carbocycles. The summed E-state index contributed by atoms with van der Waals surface area (Å²) in [5, 5.41) is 9.88. The highest BCUT2D eigenvalue weighted by Crippen LogP contribution is 2.30. The van der Waals surface area contributed by atoms with Crippen LogP contribution in [0.1, 0.15) is 28.8 Å². The van der Waals surface area contributed by atoms with Crippen molar-refractivity contribution in [3.63, 3.8) is 0 Å². The molecule has 25 heavy (non-hydrogen) atoms. The summed E-state index contributed by atoms with van der Waals surface area (Å²) in [6.45, 7) is 4.15. The van der Waals surface area contributed by atoms with Crippen LogP contribution in [-0.4, -0.2) is 47.3 Å². The van der Waals surface area contributed by atoms with Gasteiger partial charge in [-0.15, -0.1) is 0 Å². The number of benzene rings is 1. The van der Waals surface area contributed by atoms with Crippen LogP contribution in [0.15, 0.2) is 36.4 Å². The van der Waals surface area contributed by atoms with Crippen molar-refractivity contribution in [2.24, 2.45) is 0 Å². The van der Waals surface area contributed by atoms with Crippen LogP contribution in [-0.2, 0) is 19.4 Å². The van der Waals surface area contributed by atoms with E-state index in [4.69, 9.17) is 4.98 Å². The normalized spacial score (nSPS) is 21.6. The number of anilines is 1. The average Bonchev–Trinajstić information content (AvgIpc) is 3.04. The lowest BCUT2D eigenvalue weighted by Crippen LogP contribution is -2.45. The van der Waals surface area contributed by atoms with Crippen molar-refractivity contribution in [2.75, 3.05) is 25.1 Å². The Labute approximate surface area is 150 Å². The Bertz CT molecular complexity index is 736. The summed E-state index contributed by atoms with van der Waals surface area (Å²) in [6.07, 6.45) is 3.23. The molecule has 0 bridgehead atoms. The van der Waals surface area contributed by atoms with Crippen molar-refractivity contribution in [1.82, 2.24) is 9.88 Å². The molecule has 1 N–H and O–H groups in total. The van der Waals surface area contributed by atoms with Crippen molar-refractivity contribution in [3.05, 3.63) is 58.8 Å². The van der Waals surface area contributed by atoms with Gasteiger partial charge in [-0.25, -0.2) is 4.98 Å². The van der Waals surface area contributed by atoms with E-state index < -0.39 is 0 Å². The fraction of sp³-hybridized carbons (Fsp3) is 0.476. The van der Waals surface area contributed by atoms with Crippen molar-refractivity contribution in [2.45, 2.75) is 44.8 Å². The molecule has 4 heteroatoms. The van der Waals surface area contributed by atoms with Gasteiger partial charge in [-0.1, -0.05) is 30.3 Å². The van der Waals surface area contributed by atoms with E-state index in [-0.39, 0.29) is 12.6 Å². The summed E-state index contributed by atoms with van der Waals surface area (Å²) in [4.78, 5) is 9.56. The van der Waals surface area contributed by atoms with E-state index >= 15 is 0 Å². The predicted molar refractivity (Wildman–Crippen MR) is 101 cm³/mol. The van der Waals surface area contributed by atoms with Crippen LogP contribution < -0.4 is 4.90 Å². The first-order valence-electron chi connectivity index (χ1n) is 9.26. The van der Waals surface area contributed by atoms with Gasteiger partial charge in [0.2, 0.25) is 0 Å². The van der Waals surface area contributed by atoms with Crippen molar-refractivity contribution in [1.29, 1.82) is 0 Å². The Hall–Kier alpha value is -1.91. The lowest BCUT2D eigenvalue weighted by Gasteiger charge is -2.37. The molecule has 0 spiro atoms. The minimum Gasteiger partial charge on any atom is -0.394 e. The number of rotatable bonds is 2. The number of nitrogens with zero attached hydrogens (tertiary/aromatic N) is 3. The van der Waals surface area contributed by atoms with Gasteiger partial charge in [0, 0.05) is 37.4 Å². The molecule has 1 aromatic heterocycles. The van der Waals surface area contributed by atoms with E-state index in [0.29, 0.717) is 6.04 Å². The number of hydrogen-bond donors (Lipinski definition) is 1. The van der Waals surface area contributed by atoms with Gasteiger partial charge in [-0.05, 0) is 43.4 Å². The second-order valence-corrected chi connectivity index (χ2v) is 7.47. The maximum Gasteiger partial charge on any atom is 0.133 e. The summed E-state index contributed by atoms with van der Waals surface area (Å²) in [7, 11) is 2.06. The van der Waals surface area contributed by atoms with Gasteiger partial charge in [0.1, 0.15) is 5.82 Å². The second-order valence-electron chi connectivity index (χ2n) is 7.47. The summed E-state index contributed by atoms with van der Waals surface area (Å²) in [5.74, 6) is 1.03. The summed E-state index contributed by atoms with van der Waals surface area (Å²) < 4.78 is 0. The van der Waals surface area contributed by atoms with Gasteiger partial charge < -0.3 is 10.0 Å². The highest BCUT2D eigenvalue weighted by Gasteiger charge is 2.30. The molecule has 2 aromatic rings. The fourth-order valence-corrected chi connectivity index (χ4v) is 4.30. The quantitative estimate of drug-likeness (QED) is 0.914. The van der Waals surface area contributed by atoms with Gasteiger partial charge in [0.05, 0.1) is 12.6 Å².